The van der Waals surface area contributed by atoms with Gasteiger partial charge in [0.05, 0.1) is 13.2 Å². The van der Waals surface area contributed by atoms with Gasteiger partial charge in [-0.3, -0.25) is 0 Å². The maximum atomic E-state index is 5.25. The second-order valence-electron chi connectivity index (χ2n) is 6.18. The molecule has 0 N–H and O–H groups in total. The van der Waals surface area contributed by atoms with Crippen molar-refractivity contribution in [2.75, 3.05) is 7.11 Å². The van der Waals surface area contributed by atoms with Crippen molar-refractivity contribution >= 4 is 0 Å². The molecule has 2 aliphatic carbocycles. The van der Waals surface area contributed by atoms with Crippen molar-refractivity contribution in [2.45, 2.75) is 50.5 Å². The normalized spacial score (nSPS) is 19.1. The standard InChI is InChI=1S/C17H21N3O/c1-21-15-10-8-13(9-11-15)17-18-16(12-6-7-12)19-20(17)14-4-2-3-5-14/h8-12,14H,2-7H2,1H3. The summed E-state index contributed by atoms with van der Waals surface area (Å²) < 4.78 is 7.44. The number of aromatic nitrogens is 3. The summed E-state index contributed by atoms with van der Waals surface area (Å²) in [7, 11) is 1.70. The Morgan fingerprint density at radius 1 is 1.05 bits per heavy atom. The summed E-state index contributed by atoms with van der Waals surface area (Å²) in [6.07, 6.45) is 7.58. The summed E-state index contributed by atoms with van der Waals surface area (Å²) in [5.74, 6) is 3.57. The molecule has 1 aromatic carbocycles. The molecule has 0 bridgehead atoms. The van der Waals surface area contributed by atoms with Gasteiger partial charge in [0.25, 0.3) is 0 Å². The van der Waals surface area contributed by atoms with Gasteiger partial charge >= 0.3 is 0 Å². The zero-order valence-electron chi connectivity index (χ0n) is 12.5. The quantitative estimate of drug-likeness (QED) is 0.853. The Morgan fingerprint density at radius 2 is 1.76 bits per heavy atom. The number of rotatable bonds is 4. The largest absolute Gasteiger partial charge is 0.497 e. The third-order valence-electron chi connectivity index (χ3n) is 4.61. The monoisotopic (exact) mass is 283 g/mol. The van der Waals surface area contributed by atoms with Gasteiger partial charge in [0.2, 0.25) is 0 Å². The minimum Gasteiger partial charge on any atom is -0.497 e. The van der Waals surface area contributed by atoms with Crippen LogP contribution in [0.4, 0.5) is 0 Å². The molecular formula is C17H21N3O. The van der Waals surface area contributed by atoms with E-state index in [9.17, 15) is 0 Å². The molecule has 1 aromatic heterocycles. The number of ether oxygens (including phenoxy) is 1. The molecule has 4 rings (SSSR count). The fourth-order valence-corrected chi connectivity index (χ4v) is 3.19. The Balaban J connectivity index is 1.73. The smallest absolute Gasteiger partial charge is 0.158 e. The van der Waals surface area contributed by atoms with Crippen molar-refractivity contribution in [2.24, 2.45) is 0 Å². The third-order valence-corrected chi connectivity index (χ3v) is 4.61. The van der Waals surface area contributed by atoms with Crippen LogP contribution in [-0.4, -0.2) is 21.9 Å². The van der Waals surface area contributed by atoms with Crippen molar-refractivity contribution in [3.05, 3.63) is 30.1 Å². The van der Waals surface area contributed by atoms with E-state index in [-0.39, 0.29) is 0 Å². The highest BCUT2D eigenvalue weighted by molar-refractivity contribution is 5.57. The van der Waals surface area contributed by atoms with Gasteiger partial charge in [0.15, 0.2) is 11.6 Å². The number of nitrogens with zero attached hydrogens (tertiary/aromatic N) is 3. The molecule has 4 heteroatoms. The molecule has 2 saturated carbocycles. The lowest BCUT2D eigenvalue weighted by Gasteiger charge is -2.13. The van der Waals surface area contributed by atoms with Crippen LogP contribution < -0.4 is 4.74 Å². The molecule has 2 aromatic rings. The fraction of sp³-hybridized carbons (Fsp3) is 0.529. The second-order valence-corrected chi connectivity index (χ2v) is 6.18. The fourth-order valence-electron chi connectivity index (χ4n) is 3.19. The number of hydrogen-bond acceptors (Lipinski definition) is 3. The average Bonchev–Trinajstić information content (AvgIpc) is 3.06. The molecule has 0 unspecified atom stereocenters. The summed E-state index contributed by atoms with van der Waals surface area (Å²) in [6.45, 7) is 0. The molecule has 0 aliphatic heterocycles. The van der Waals surface area contributed by atoms with Crippen LogP contribution in [0.2, 0.25) is 0 Å². The average molecular weight is 283 g/mol. The molecule has 2 fully saturated rings. The van der Waals surface area contributed by atoms with Crippen LogP contribution in [0.5, 0.6) is 5.75 Å². The lowest BCUT2D eigenvalue weighted by Crippen LogP contribution is -2.08. The Kier molecular flexibility index (Phi) is 3.17. The zero-order valence-corrected chi connectivity index (χ0v) is 12.5. The van der Waals surface area contributed by atoms with Crippen LogP contribution >= 0.6 is 0 Å². The van der Waals surface area contributed by atoms with Crippen molar-refractivity contribution < 1.29 is 4.74 Å². The van der Waals surface area contributed by atoms with Crippen LogP contribution in [0.3, 0.4) is 0 Å². The number of methoxy groups -OCH3 is 1. The highest BCUT2D eigenvalue weighted by Crippen LogP contribution is 2.40. The van der Waals surface area contributed by atoms with E-state index in [1.54, 1.807) is 7.11 Å². The first-order valence-electron chi connectivity index (χ1n) is 7.96. The molecule has 21 heavy (non-hydrogen) atoms. The topological polar surface area (TPSA) is 39.9 Å². The first-order chi connectivity index (χ1) is 10.3. The summed E-state index contributed by atoms with van der Waals surface area (Å²) in [5, 5.41) is 4.85. The summed E-state index contributed by atoms with van der Waals surface area (Å²) in [6, 6.07) is 8.71. The van der Waals surface area contributed by atoms with Gasteiger partial charge in [-0.25, -0.2) is 9.67 Å². The van der Waals surface area contributed by atoms with Crippen molar-refractivity contribution in [3.63, 3.8) is 0 Å². The zero-order chi connectivity index (χ0) is 14.2. The van der Waals surface area contributed by atoms with Gasteiger partial charge < -0.3 is 4.74 Å². The number of benzene rings is 1. The van der Waals surface area contributed by atoms with E-state index < -0.39 is 0 Å². The Morgan fingerprint density at radius 3 is 2.38 bits per heavy atom. The summed E-state index contributed by atoms with van der Waals surface area (Å²) in [5.41, 5.74) is 1.14. The molecule has 2 aliphatic rings. The minimum atomic E-state index is 0.530. The summed E-state index contributed by atoms with van der Waals surface area (Å²) >= 11 is 0. The maximum Gasteiger partial charge on any atom is 0.158 e. The van der Waals surface area contributed by atoms with Crippen molar-refractivity contribution in [1.82, 2.24) is 14.8 Å². The van der Waals surface area contributed by atoms with Crippen LogP contribution in [0, 0.1) is 0 Å². The second kappa shape index (κ2) is 5.17. The highest BCUT2D eigenvalue weighted by atomic mass is 16.5. The first-order valence-corrected chi connectivity index (χ1v) is 7.96. The highest BCUT2D eigenvalue weighted by Gasteiger charge is 2.31. The van der Waals surface area contributed by atoms with Gasteiger partial charge in [-0.15, -0.1) is 0 Å². The predicted molar refractivity (Wildman–Crippen MR) is 81.5 cm³/mol. The first kappa shape index (κ1) is 12.9. The molecule has 110 valence electrons. The Labute approximate surface area is 125 Å². The van der Waals surface area contributed by atoms with Crippen LogP contribution in [-0.2, 0) is 0 Å². The van der Waals surface area contributed by atoms with E-state index in [0.717, 1.165) is 23.0 Å². The lowest BCUT2D eigenvalue weighted by molar-refractivity contribution is 0.415. The number of hydrogen-bond donors (Lipinski definition) is 0. The van der Waals surface area contributed by atoms with Gasteiger partial charge in [-0.2, -0.15) is 5.10 Å². The molecule has 4 nitrogen and oxygen atoms in total. The molecule has 0 amide bonds. The van der Waals surface area contributed by atoms with Crippen molar-refractivity contribution in [3.8, 4) is 17.1 Å². The van der Waals surface area contributed by atoms with Crippen LogP contribution in [0.1, 0.15) is 56.3 Å². The van der Waals surface area contributed by atoms with Gasteiger partial charge in [-0.05, 0) is 49.9 Å². The molecule has 1 heterocycles. The Hall–Kier alpha value is -1.84. The van der Waals surface area contributed by atoms with Gasteiger partial charge in [0, 0.05) is 11.5 Å². The van der Waals surface area contributed by atoms with E-state index in [2.05, 4.69) is 16.8 Å². The summed E-state index contributed by atoms with van der Waals surface area (Å²) in [4.78, 5) is 4.85. The van der Waals surface area contributed by atoms with Crippen LogP contribution in [0.15, 0.2) is 24.3 Å². The van der Waals surface area contributed by atoms with E-state index in [4.69, 9.17) is 14.8 Å². The Bertz CT molecular complexity index is 622. The lowest BCUT2D eigenvalue weighted by atomic mass is 10.2. The molecule has 0 saturated heterocycles. The van der Waals surface area contributed by atoms with Gasteiger partial charge in [0.1, 0.15) is 5.75 Å². The molecule has 0 spiro atoms. The molecular weight excluding hydrogens is 262 g/mol. The predicted octanol–water partition coefficient (Wildman–Crippen LogP) is 3.95. The SMILES string of the molecule is COc1ccc(-c2nc(C3CC3)nn2C2CCCC2)cc1. The van der Waals surface area contributed by atoms with E-state index >= 15 is 0 Å². The van der Waals surface area contributed by atoms with E-state index in [1.807, 2.05) is 12.1 Å². The minimum absolute atomic E-state index is 0.530. The van der Waals surface area contributed by atoms with E-state index in [1.165, 1.54) is 38.5 Å². The van der Waals surface area contributed by atoms with Crippen LogP contribution in [0.25, 0.3) is 11.4 Å². The molecule has 0 atom stereocenters. The maximum absolute atomic E-state index is 5.25. The van der Waals surface area contributed by atoms with E-state index in [0.29, 0.717) is 12.0 Å². The van der Waals surface area contributed by atoms with Crippen molar-refractivity contribution in [1.29, 1.82) is 0 Å². The molecule has 0 radical (unpaired) electrons. The third kappa shape index (κ3) is 2.43. The van der Waals surface area contributed by atoms with Gasteiger partial charge in [-0.1, -0.05) is 12.8 Å².